The van der Waals surface area contributed by atoms with E-state index in [1.54, 1.807) is 0 Å². The molecule has 0 saturated carbocycles. The molecule has 0 heterocycles. The van der Waals surface area contributed by atoms with Gasteiger partial charge in [-0.25, -0.2) is 0 Å². The Morgan fingerprint density at radius 3 is 2.20 bits per heavy atom. The minimum atomic E-state index is -0.405. The topological polar surface area (TPSA) is 32.3 Å². The van der Waals surface area contributed by atoms with E-state index in [0.29, 0.717) is 12.6 Å². The minimum Gasteiger partial charge on any atom is -0.387 e. The fourth-order valence-electron chi connectivity index (χ4n) is 1.25. The van der Waals surface area contributed by atoms with E-state index in [-0.39, 0.29) is 12.4 Å². The molecule has 0 aliphatic heterocycles. The van der Waals surface area contributed by atoms with Gasteiger partial charge >= 0.3 is 0 Å². The van der Waals surface area contributed by atoms with Gasteiger partial charge in [0, 0.05) is 12.6 Å². The van der Waals surface area contributed by atoms with E-state index in [4.69, 9.17) is 0 Å². The number of hydrogen-bond acceptors (Lipinski definition) is 2. The van der Waals surface area contributed by atoms with Gasteiger partial charge in [-0.3, -0.25) is 0 Å². The van der Waals surface area contributed by atoms with Gasteiger partial charge in [0.1, 0.15) is 0 Å². The molecule has 0 bridgehead atoms. The zero-order valence-electron chi connectivity index (χ0n) is 9.53. The second-order valence-electron chi connectivity index (χ2n) is 3.99. The van der Waals surface area contributed by atoms with Gasteiger partial charge in [-0.15, -0.1) is 12.4 Å². The van der Waals surface area contributed by atoms with Crippen molar-refractivity contribution in [2.75, 3.05) is 6.54 Å². The zero-order valence-corrected chi connectivity index (χ0v) is 10.3. The number of aliphatic hydroxyl groups is 1. The summed E-state index contributed by atoms with van der Waals surface area (Å²) in [6.07, 6.45) is -0.405. The molecule has 0 amide bonds. The Morgan fingerprint density at radius 1 is 1.20 bits per heavy atom. The van der Waals surface area contributed by atoms with Crippen molar-refractivity contribution in [2.24, 2.45) is 0 Å². The van der Waals surface area contributed by atoms with Gasteiger partial charge in [-0.1, -0.05) is 43.7 Å². The third kappa shape index (κ3) is 5.17. The molecule has 1 atom stereocenters. The Bertz CT molecular complexity index is 271. The molecule has 1 unspecified atom stereocenters. The first kappa shape index (κ1) is 14.4. The molecule has 0 saturated heterocycles. The average Bonchev–Trinajstić information content (AvgIpc) is 2.15. The highest BCUT2D eigenvalue weighted by Crippen LogP contribution is 2.12. The van der Waals surface area contributed by atoms with Gasteiger partial charge in [0.2, 0.25) is 0 Å². The number of aliphatic hydroxyl groups excluding tert-OH is 1. The van der Waals surface area contributed by atoms with Crippen LogP contribution in [0.25, 0.3) is 0 Å². The predicted molar refractivity (Wildman–Crippen MR) is 66.5 cm³/mol. The summed E-state index contributed by atoms with van der Waals surface area (Å²) in [4.78, 5) is 0. The van der Waals surface area contributed by atoms with Crippen molar-refractivity contribution in [3.63, 3.8) is 0 Å². The minimum absolute atomic E-state index is 0. The molecule has 0 radical (unpaired) electrons. The Balaban J connectivity index is 0.00000196. The second kappa shape index (κ2) is 6.83. The third-order valence-corrected chi connectivity index (χ3v) is 2.18. The maximum absolute atomic E-state index is 9.80. The summed E-state index contributed by atoms with van der Waals surface area (Å²) in [5, 5.41) is 13.0. The predicted octanol–water partition coefficient (Wildman–Crippen LogP) is 2.45. The van der Waals surface area contributed by atoms with Crippen molar-refractivity contribution in [1.82, 2.24) is 5.32 Å². The molecule has 15 heavy (non-hydrogen) atoms. The van der Waals surface area contributed by atoms with E-state index >= 15 is 0 Å². The van der Waals surface area contributed by atoms with Crippen molar-refractivity contribution in [1.29, 1.82) is 0 Å². The summed E-state index contributed by atoms with van der Waals surface area (Å²) in [7, 11) is 0. The van der Waals surface area contributed by atoms with E-state index in [9.17, 15) is 5.11 Å². The Kier molecular flexibility index (Phi) is 6.57. The first-order valence-electron chi connectivity index (χ1n) is 5.07. The number of halogens is 1. The van der Waals surface area contributed by atoms with Crippen LogP contribution in [0, 0.1) is 6.92 Å². The molecule has 1 aromatic rings. The number of hydrogen-bond donors (Lipinski definition) is 2. The van der Waals surface area contributed by atoms with Gasteiger partial charge < -0.3 is 10.4 Å². The van der Waals surface area contributed by atoms with Crippen molar-refractivity contribution in [3.8, 4) is 0 Å². The lowest BCUT2D eigenvalue weighted by molar-refractivity contribution is 0.171. The number of rotatable bonds is 4. The fraction of sp³-hybridized carbons (Fsp3) is 0.500. The maximum atomic E-state index is 9.80. The van der Waals surface area contributed by atoms with E-state index in [1.807, 2.05) is 31.2 Å². The molecule has 0 spiro atoms. The number of nitrogens with one attached hydrogen (secondary N) is 1. The van der Waals surface area contributed by atoms with Gasteiger partial charge in [0.25, 0.3) is 0 Å². The van der Waals surface area contributed by atoms with Crippen LogP contribution in [0.5, 0.6) is 0 Å². The molecule has 0 aliphatic carbocycles. The second-order valence-corrected chi connectivity index (χ2v) is 3.99. The van der Waals surface area contributed by atoms with Crippen molar-refractivity contribution in [3.05, 3.63) is 35.4 Å². The van der Waals surface area contributed by atoms with E-state index in [0.717, 1.165) is 5.56 Å². The largest absolute Gasteiger partial charge is 0.387 e. The van der Waals surface area contributed by atoms with Crippen LogP contribution in [0.15, 0.2) is 24.3 Å². The molecule has 0 aliphatic rings. The SMILES string of the molecule is Cc1ccc(C(O)CNC(C)C)cc1.Cl. The summed E-state index contributed by atoms with van der Waals surface area (Å²) < 4.78 is 0. The monoisotopic (exact) mass is 229 g/mol. The molecular formula is C12H20ClNO. The highest BCUT2D eigenvalue weighted by molar-refractivity contribution is 5.85. The average molecular weight is 230 g/mol. The molecule has 3 heteroatoms. The van der Waals surface area contributed by atoms with E-state index in [2.05, 4.69) is 19.2 Å². The standard InChI is InChI=1S/C12H19NO.ClH/c1-9(2)13-8-12(14)11-6-4-10(3)5-7-11;/h4-7,9,12-14H,8H2,1-3H3;1H. The van der Waals surface area contributed by atoms with Crippen LogP contribution in [0.4, 0.5) is 0 Å². The van der Waals surface area contributed by atoms with Crippen LogP contribution in [0.1, 0.15) is 31.1 Å². The van der Waals surface area contributed by atoms with Crippen molar-refractivity contribution >= 4 is 12.4 Å². The lowest BCUT2D eigenvalue weighted by Gasteiger charge is -2.14. The third-order valence-electron chi connectivity index (χ3n) is 2.18. The lowest BCUT2D eigenvalue weighted by Crippen LogP contribution is -2.27. The number of aryl methyl sites for hydroxylation is 1. The van der Waals surface area contributed by atoms with Crippen LogP contribution in [-0.4, -0.2) is 17.7 Å². The lowest BCUT2D eigenvalue weighted by atomic mass is 10.1. The summed E-state index contributed by atoms with van der Waals surface area (Å²) >= 11 is 0. The van der Waals surface area contributed by atoms with Crippen molar-refractivity contribution < 1.29 is 5.11 Å². The Labute approximate surface area is 98.1 Å². The normalized spacial score (nSPS) is 12.3. The highest BCUT2D eigenvalue weighted by atomic mass is 35.5. The molecule has 0 fully saturated rings. The summed E-state index contributed by atoms with van der Waals surface area (Å²) in [5.41, 5.74) is 2.20. The van der Waals surface area contributed by atoms with Crippen LogP contribution < -0.4 is 5.32 Å². The highest BCUT2D eigenvalue weighted by Gasteiger charge is 2.06. The summed E-state index contributed by atoms with van der Waals surface area (Å²) in [5.74, 6) is 0. The molecule has 0 aromatic heterocycles. The maximum Gasteiger partial charge on any atom is 0.0914 e. The first-order chi connectivity index (χ1) is 6.59. The molecular weight excluding hydrogens is 210 g/mol. The van der Waals surface area contributed by atoms with Gasteiger partial charge in [-0.2, -0.15) is 0 Å². The Hall–Kier alpha value is -0.570. The van der Waals surface area contributed by atoms with E-state index < -0.39 is 6.10 Å². The van der Waals surface area contributed by atoms with Crippen LogP contribution in [-0.2, 0) is 0 Å². The number of benzene rings is 1. The van der Waals surface area contributed by atoms with Gasteiger partial charge in [0.05, 0.1) is 6.10 Å². The smallest absolute Gasteiger partial charge is 0.0914 e. The molecule has 2 nitrogen and oxygen atoms in total. The van der Waals surface area contributed by atoms with Gasteiger partial charge in [0.15, 0.2) is 0 Å². The summed E-state index contributed by atoms with van der Waals surface area (Å²) in [6.45, 7) is 6.80. The molecule has 2 N–H and O–H groups in total. The van der Waals surface area contributed by atoms with Crippen LogP contribution in [0.2, 0.25) is 0 Å². The molecule has 1 rings (SSSR count). The van der Waals surface area contributed by atoms with Crippen LogP contribution in [0.3, 0.4) is 0 Å². The molecule has 1 aromatic carbocycles. The molecule has 86 valence electrons. The van der Waals surface area contributed by atoms with Gasteiger partial charge in [-0.05, 0) is 12.5 Å². The quantitative estimate of drug-likeness (QED) is 0.832. The zero-order chi connectivity index (χ0) is 10.6. The fourth-order valence-corrected chi connectivity index (χ4v) is 1.25. The van der Waals surface area contributed by atoms with Crippen LogP contribution >= 0.6 is 12.4 Å². The van der Waals surface area contributed by atoms with E-state index in [1.165, 1.54) is 5.56 Å². The Morgan fingerprint density at radius 2 is 1.73 bits per heavy atom. The van der Waals surface area contributed by atoms with Crippen molar-refractivity contribution in [2.45, 2.75) is 32.9 Å². The first-order valence-corrected chi connectivity index (χ1v) is 5.07. The summed E-state index contributed by atoms with van der Waals surface area (Å²) in [6, 6.07) is 8.40.